The Morgan fingerprint density at radius 2 is 0.756 bits per heavy atom. The molecular formula is C76H63NO. The fourth-order valence-corrected chi connectivity index (χ4v) is 15.6. The van der Waals surface area contributed by atoms with E-state index in [9.17, 15) is 0 Å². The molecule has 1 aromatic heterocycles. The fourth-order valence-electron chi connectivity index (χ4n) is 15.6. The molecule has 0 saturated carbocycles. The zero-order valence-corrected chi connectivity index (χ0v) is 46.7. The van der Waals surface area contributed by atoms with Crippen LogP contribution >= 0.6 is 0 Å². The average Bonchev–Trinajstić information content (AvgIpc) is 3.83. The van der Waals surface area contributed by atoms with Gasteiger partial charge in [-0.2, -0.15) is 0 Å². The van der Waals surface area contributed by atoms with E-state index in [1.807, 2.05) is 0 Å². The van der Waals surface area contributed by atoms with Crippen molar-refractivity contribution in [3.8, 4) is 44.5 Å². The number of furan rings is 1. The lowest BCUT2D eigenvalue weighted by molar-refractivity contribution is 0.573. The Labute approximate surface area is 458 Å². The number of nitrogens with zero attached hydrogens (tertiary/aromatic N) is 1. The number of para-hydroxylation sites is 2. The van der Waals surface area contributed by atoms with Crippen LogP contribution in [0.3, 0.4) is 0 Å². The normalized spacial score (nSPS) is 16.3. The van der Waals surface area contributed by atoms with Gasteiger partial charge in [0.15, 0.2) is 5.58 Å². The molecule has 2 nitrogen and oxygen atoms in total. The standard InChI is InChI=1S/C76H63NO/c1-72(2,3)59-28-18-26-52-53-27-19-29-67(71(53)78-70(52)59)77(44-30-32-48-55-38-64-57(40-63(55)74(6,7)61(48)36-44)54-34-42-20-12-13-21-43(42)35-60(54)73(64,4)5)45-31-33-49-56-39-66-58(41-65(56)75(8,9)62(49)37-45)68-50-24-16-14-22-46(50)47-23-15-17-25-51(47)69(68)76(66,10)11/h12-41H,1-11H3. The Morgan fingerprint density at radius 3 is 1.35 bits per heavy atom. The van der Waals surface area contributed by atoms with Crippen molar-refractivity contribution in [3.05, 3.63) is 232 Å². The van der Waals surface area contributed by atoms with Gasteiger partial charge < -0.3 is 9.32 Å². The first-order valence-electron chi connectivity index (χ1n) is 28.2. The van der Waals surface area contributed by atoms with Crippen molar-refractivity contribution in [2.24, 2.45) is 0 Å². The van der Waals surface area contributed by atoms with E-state index in [0.717, 1.165) is 39.0 Å². The Hall–Kier alpha value is -8.20. The maximum atomic E-state index is 7.26. The lowest BCUT2D eigenvalue weighted by Crippen LogP contribution is -2.18. The van der Waals surface area contributed by atoms with Gasteiger partial charge in [0, 0.05) is 49.4 Å². The predicted molar refractivity (Wildman–Crippen MR) is 330 cm³/mol. The summed E-state index contributed by atoms with van der Waals surface area (Å²) in [7, 11) is 0. The van der Waals surface area contributed by atoms with Crippen LogP contribution in [0.15, 0.2) is 186 Å². The molecule has 11 aromatic carbocycles. The summed E-state index contributed by atoms with van der Waals surface area (Å²) in [5, 5.41) is 10.2. The van der Waals surface area contributed by atoms with Crippen LogP contribution in [0.2, 0.25) is 0 Å². The highest BCUT2D eigenvalue weighted by Crippen LogP contribution is 2.61. The summed E-state index contributed by atoms with van der Waals surface area (Å²) < 4.78 is 7.26. The van der Waals surface area contributed by atoms with Gasteiger partial charge in [0.25, 0.3) is 0 Å². The number of hydrogen-bond acceptors (Lipinski definition) is 2. The molecule has 0 N–H and O–H groups in total. The largest absolute Gasteiger partial charge is 0.454 e. The summed E-state index contributed by atoms with van der Waals surface area (Å²) in [6.45, 7) is 26.3. The second-order valence-electron chi connectivity index (χ2n) is 26.5. The first-order chi connectivity index (χ1) is 37.3. The van der Waals surface area contributed by atoms with Crippen molar-refractivity contribution in [2.45, 2.75) is 103 Å². The molecule has 4 aliphatic rings. The van der Waals surface area contributed by atoms with E-state index in [2.05, 4.69) is 263 Å². The van der Waals surface area contributed by atoms with E-state index in [4.69, 9.17) is 4.42 Å². The highest BCUT2D eigenvalue weighted by Gasteiger charge is 2.45. The number of rotatable bonds is 3. The van der Waals surface area contributed by atoms with Crippen molar-refractivity contribution >= 4 is 71.3 Å². The van der Waals surface area contributed by atoms with E-state index in [-0.39, 0.29) is 27.1 Å². The van der Waals surface area contributed by atoms with Gasteiger partial charge >= 0.3 is 0 Å². The fraction of sp³-hybridized carbons (Fsp3) is 0.211. The zero-order valence-electron chi connectivity index (χ0n) is 46.7. The molecule has 0 bridgehead atoms. The van der Waals surface area contributed by atoms with E-state index in [1.165, 1.54) is 127 Å². The zero-order chi connectivity index (χ0) is 53.3. The van der Waals surface area contributed by atoms with Gasteiger partial charge in [-0.15, -0.1) is 0 Å². The van der Waals surface area contributed by atoms with Crippen molar-refractivity contribution in [3.63, 3.8) is 0 Å². The Bertz CT molecular complexity index is 4710. The van der Waals surface area contributed by atoms with Crippen LogP contribution in [-0.2, 0) is 27.1 Å². The van der Waals surface area contributed by atoms with Crippen LogP contribution in [0.25, 0.3) is 98.8 Å². The molecular weight excluding hydrogens is 943 g/mol. The Kier molecular flexibility index (Phi) is 8.76. The molecule has 2 heteroatoms. The van der Waals surface area contributed by atoms with Crippen LogP contribution in [0.4, 0.5) is 17.1 Å². The van der Waals surface area contributed by atoms with E-state index >= 15 is 0 Å². The average molecular weight is 1010 g/mol. The van der Waals surface area contributed by atoms with Gasteiger partial charge in [-0.05, 0) is 193 Å². The van der Waals surface area contributed by atoms with E-state index < -0.39 is 0 Å². The maximum Gasteiger partial charge on any atom is 0.159 e. The highest BCUT2D eigenvalue weighted by molar-refractivity contribution is 6.19. The SMILES string of the molecule is CC(C)(C)c1cccc2c1oc1c(N(c3ccc4c(c3)C(C)(C)c3cc5c(cc3-4)C(C)(C)c3cc4ccccc4cc3-5)c3ccc4c(c3)C(C)(C)c3cc5c(cc3-4)C(C)(C)c3c-5c4ccccc4c4ccccc34)cccc12. The minimum absolute atomic E-state index is 0.0992. The molecule has 0 spiro atoms. The third-order valence-corrected chi connectivity index (χ3v) is 19.7. The van der Waals surface area contributed by atoms with Crippen molar-refractivity contribution < 1.29 is 4.42 Å². The predicted octanol–water partition coefficient (Wildman–Crippen LogP) is 21.0. The van der Waals surface area contributed by atoms with Crippen LogP contribution in [0.1, 0.15) is 126 Å². The van der Waals surface area contributed by atoms with Crippen LogP contribution in [0.5, 0.6) is 0 Å². The molecule has 0 fully saturated rings. The van der Waals surface area contributed by atoms with Gasteiger partial charge in [-0.1, -0.05) is 191 Å². The van der Waals surface area contributed by atoms with E-state index in [1.54, 1.807) is 0 Å². The Morgan fingerprint density at radius 1 is 0.333 bits per heavy atom. The molecule has 78 heavy (non-hydrogen) atoms. The summed E-state index contributed by atoms with van der Waals surface area (Å²) in [4.78, 5) is 2.50. The second-order valence-corrected chi connectivity index (χ2v) is 26.5. The number of hydrogen-bond donors (Lipinski definition) is 0. The lowest BCUT2D eigenvalue weighted by atomic mass is 9.78. The van der Waals surface area contributed by atoms with Crippen molar-refractivity contribution in [1.29, 1.82) is 0 Å². The number of anilines is 3. The lowest BCUT2D eigenvalue weighted by Gasteiger charge is -2.29. The third kappa shape index (κ3) is 5.78. The first-order valence-corrected chi connectivity index (χ1v) is 28.2. The topological polar surface area (TPSA) is 16.4 Å². The van der Waals surface area contributed by atoms with Gasteiger partial charge in [0.05, 0.1) is 5.69 Å². The molecule has 0 radical (unpaired) electrons. The summed E-state index contributed by atoms with van der Waals surface area (Å²) in [5.41, 5.74) is 27.4. The third-order valence-electron chi connectivity index (χ3n) is 19.7. The first kappa shape index (κ1) is 45.9. The summed E-state index contributed by atoms with van der Waals surface area (Å²) >= 11 is 0. The van der Waals surface area contributed by atoms with E-state index in [0.29, 0.717) is 0 Å². The molecule has 0 unspecified atom stereocenters. The van der Waals surface area contributed by atoms with Gasteiger partial charge in [0.2, 0.25) is 0 Å². The molecule has 0 atom stereocenters. The monoisotopic (exact) mass is 1010 g/mol. The quantitative estimate of drug-likeness (QED) is 0.164. The minimum atomic E-state index is -0.283. The smallest absolute Gasteiger partial charge is 0.159 e. The number of fused-ring (bicyclic) bond motifs is 21. The minimum Gasteiger partial charge on any atom is -0.454 e. The van der Waals surface area contributed by atoms with Crippen molar-refractivity contribution in [1.82, 2.24) is 0 Å². The molecule has 16 rings (SSSR count). The molecule has 0 saturated heterocycles. The molecule has 0 aliphatic heterocycles. The molecule has 1 heterocycles. The molecule has 4 aliphatic carbocycles. The maximum absolute atomic E-state index is 7.26. The molecule has 378 valence electrons. The summed E-state index contributed by atoms with van der Waals surface area (Å²) in [5.74, 6) is 0. The van der Waals surface area contributed by atoms with Crippen LogP contribution in [-0.4, -0.2) is 0 Å². The highest BCUT2D eigenvalue weighted by atomic mass is 16.3. The number of benzene rings is 11. The second kappa shape index (κ2) is 14.9. The molecule has 12 aromatic rings. The van der Waals surface area contributed by atoms with Gasteiger partial charge in [-0.25, -0.2) is 0 Å². The Balaban J connectivity index is 0.883. The van der Waals surface area contributed by atoms with Crippen LogP contribution in [0, 0.1) is 0 Å². The van der Waals surface area contributed by atoms with Crippen LogP contribution < -0.4 is 4.90 Å². The summed E-state index contributed by atoms with van der Waals surface area (Å²) in [6.07, 6.45) is 0. The van der Waals surface area contributed by atoms with Gasteiger partial charge in [-0.3, -0.25) is 0 Å². The summed E-state index contributed by atoms with van der Waals surface area (Å²) in [6, 6.07) is 70.1. The molecule has 0 amide bonds. The van der Waals surface area contributed by atoms with Crippen molar-refractivity contribution in [2.75, 3.05) is 4.90 Å². The van der Waals surface area contributed by atoms with Gasteiger partial charge in [0.1, 0.15) is 5.58 Å².